The van der Waals surface area contributed by atoms with Gasteiger partial charge in [0.15, 0.2) is 0 Å². The van der Waals surface area contributed by atoms with Crippen LogP contribution >= 0.6 is 0 Å². The van der Waals surface area contributed by atoms with Gasteiger partial charge in [0.25, 0.3) is 11.8 Å². The van der Waals surface area contributed by atoms with E-state index in [2.05, 4.69) is 5.32 Å². The molecule has 0 spiro atoms. The van der Waals surface area contributed by atoms with Crippen molar-refractivity contribution in [3.05, 3.63) is 95.1 Å². The first-order valence-electron chi connectivity index (χ1n) is 12.0. The SMILES string of the molecule is Cc1ccccc1C(=O)Nc1ccc(C(=O)N2CCCC(OCC(=O)N(C)C)c3ccccc32)cc1. The van der Waals surface area contributed by atoms with Gasteiger partial charge >= 0.3 is 0 Å². The average molecular weight is 486 g/mol. The fourth-order valence-corrected chi connectivity index (χ4v) is 4.28. The molecule has 1 aliphatic rings. The van der Waals surface area contributed by atoms with Crippen molar-refractivity contribution in [3.63, 3.8) is 0 Å². The maximum atomic E-state index is 13.5. The molecule has 0 fully saturated rings. The number of rotatable bonds is 6. The second kappa shape index (κ2) is 11.2. The molecule has 0 radical (unpaired) electrons. The van der Waals surface area contributed by atoms with Gasteiger partial charge in [-0.2, -0.15) is 0 Å². The van der Waals surface area contributed by atoms with Gasteiger partial charge in [0.1, 0.15) is 6.61 Å². The molecule has 7 heteroatoms. The van der Waals surface area contributed by atoms with E-state index in [1.54, 1.807) is 49.3 Å². The van der Waals surface area contributed by atoms with Crippen molar-refractivity contribution < 1.29 is 19.1 Å². The molecule has 3 amide bonds. The van der Waals surface area contributed by atoms with E-state index in [0.717, 1.165) is 23.2 Å². The summed E-state index contributed by atoms with van der Waals surface area (Å²) in [5, 5.41) is 2.90. The van der Waals surface area contributed by atoms with Gasteiger partial charge in [0, 0.05) is 48.7 Å². The Labute approximate surface area is 211 Å². The molecule has 3 aromatic rings. The molecule has 4 rings (SSSR count). The molecule has 0 aliphatic carbocycles. The van der Waals surface area contributed by atoms with E-state index in [1.165, 1.54) is 4.90 Å². The van der Waals surface area contributed by atoms with E-state index in [0.29, 0.717) is 29.8 Å². The fraction of sp³-hybridized carbons (Fsp3) is 0.276. The zero-order valence-electron chi connectivity index (χ0n) is 20.9. The molecule has 0 bridgehead atoms. The van der Waals surface area contributed by atoms with Crippen LogP contribution in [0.2, 0.25) is 0 Å². The van der Waals surface area contributed by atoms with Crippen molar-refractivity contribution in [1.29, 1.82) is 0 Å². The van der Waals surface area contributed by atoms with Crippen LogP contribution in [0.25, 0.3) is 0 Å². The molecule has 7 nitrogen and oxygen atoms in total. The Morgan fingerprint density at radius 1 is 0.972 bits per heavy atom. The fourth-order valence-electron chi connectivity index (χ4n) is 4.28. The van der Waals surface area contributed by atoms with E-state index in [-0.39, 0.29) is 30.4 Å². The van der Waals surface area contributed by atoms with Gasteiger partial charge in [-0.1, -0.05) is 36.4 Å². The first-order valence-corrected chi connectivity index (χ1v) is 12.0. The maximum Gasteiger partial charge on any atom is 0.258 e. The van der Waals surface area contributed by atoms with Gasteiger partial charge < -0.3 is 19.9 Å². The quantitative estimate of drug-likeness (QED) is 0.542. The van der Waals surface area contributed by atoms with E-state index in [9.17, 15) is 14.4 Å². The van der Waals surface area contributed by atoms with Crippen LogP contribution in [0.3, 0.4) is 0 Å². The summed E-state index contributed by atoms with van der Waals surface area (Å²) in [6.07, 6.45) is 1.19. The molecule has 186 valence electrons. The number of likely N-dealkylation sites (N-methyl/N-ethyl adjacent to an activating group) is 1. The molecule has 1 atom stereocenters. The predicted octanol–water partition coefficient (Wildman–Crippen LogP) is 4.83. The summed E-state index contributed by atoms with van der Waals surface area (Å²) < 4.78 is 5.97. The van der Waals surface area contributed by atoms with E-state index in [4.69, 9.17) is 4.74 Å². The lowest BCUT2D eigenvalue weighted by atomic mass is 10.0. The van der Waals surface area contributed by atoms with Crippen molar-refractivity contribution in [3.8, 4) is 0 Å². The highest BCUT2D eigenvalue weighted by Crippen LogP contribution is 2.36. The van der Waals surface area contributed by atoms with Gasteiger partial charge in [0.2, 0.25) is 5.91 Å². The summed E-state index contributed by atoms with van der Waals surface area (Å²) in [6, 6.07) is 22.0. The smallest absolute Gasteiger partial charge is 0.258 e. The predicted molar refractivity (Wildman–Crippen MR) is 140 cm³/mol. The normalized spacial score (nSPS) is 15.0. The number of hydrogen-bond acceptors (Lipinski definition) is 4. The largest absolute Gasteiger partial charge is 0.364 e. The van der Waals surface area contributed by atoms with Gasteiger partial charge in [-0.05, 0) is 61.7 Å². The highest BCUT2D eigenvalue weighted by Gasteiger charge is 2.28. The Kier molecular flexibility index (Phi) is 7.80. The molecule has 1 aliphatic heterocycles. The van der Waals surface area contributed by atoms with E-state index < -0.39 is 0 Å². The van der Waals surface area contributed by atoms with Crippen LogP contribution in [0, 0.1) is 6.92 Å². The number of anilines is 2. The Hall–Kier alpha value is -3.97. The maximum absolute atomic E-state index is 13.5. The van der Waals surface area contributed by atoms with Crippen molar-refractivity contribution in [2.24, 2.45) is 0 Å². The van der Waals surface area contributed by atoms with Crippen molar-refractivity contribution in [2.45, 2.75) is 25.9 Å². The molecule has 1 heterocycles. The number of amides is 3. The minimum Gasteiger partial charge on any atom is -0.364 e. The zero-order valence-corrected chi connectivity index (χ0v) is 20.9. The van der Waals surface area contributed by atoms with Gasteiger partial charge in [-0.25, -0.2) is 0 Å². The lowest BCUT2D eigenvalue weighted by molar-refractivity contribution is -0.135. The van der Waals surface area contributed by atoms with Crippen LogP contribution in [0.5, 0.6) is 0 Å². The number of ether oxygens (including phenoxy) is 1. The number of carbonyl (C=O) groups excluding carboxylic acids is 3. The Balaban J connectivity index is 1.50. The molecule has 3 aromatic carbocycles. The number of fused-ring (bicyclic) bond motifs is 1. The number of nitrogens with zero attached hydrogens (tertiary/aromatic N) is 2. The summed E-state index contributed by atoms with van der Waals surface area (Å²) in [4.78, 5) is 41.5. The Bertz CT molecular complexity index is 1250. The molecule has 1 N–H and O–H groups in total. The van der Waals surface area contributed by atoms with Crippen LogP contribution in [-0.2, 0) is 9.53 Å². The lowest BCUT2D eigenvalue weighted by Crippen LogP contribution is -2.31. The third-order valence-electron chi connectivity index (χ3n) is 6.35. The number of nitrogens with one attached hydrogen (secondary N) is 1. The van der Waals surface area contributed by atoms with Gasteiger partial charge in [-0.15, -0.1) is 0 Å². The number of hydrogen-bond donors (Lipinski definition) is 1. The topological polar surface area (TPSA) is 79.0 Å². The third-order valence-corrected chi connectivity index (χ3v) is 6.35. The molecule has 1 unspecified atom stereocenters. The number of benzene rings is 3. The average Bonchev–Trinajstić information content (AvgIpc) is 3.07. The Morgan fingerprint density at radius 3 is 2.39 bits per heavy atom. The van der Waals surface area contributed by atoms with Gasteiger partial charge in [0.05, 0.1) is 6.10 Å². The van der Waals surface area contributed by atoms with Crippen LogP contribution in [0.1, 0.15) is 50.8 Å². The van der Waals surface area contributed by atoms with Crippen LogP contribution < -0.4 is 10.2 Å². The standard InChI is InChI=1S/C29H31N3O4/c1-20-9-4-5-10-23(20)28(34)30-22-16-14-21(15-17-22)29(35)32-18-8-13-26(36-19-27(33)31(2)3)24-11-6-7-12-25(24)32/h4-7,9-12,14-17,26H,8,13,18-19H2,1-3H3,(H,30,34). The highest BCUT2D eigenvalue weighted by molar-refractivity contribution is 6.08. The van der Waals surface area contributed by atoms with Crippen LogP contribution in [-0.4, -0.2) is 49.9 Å². The van der Waals surface area contributed by atoms with Crippen molar-refractivity contribution in [1.82, 2.24) is 4.90 Å². The molecule has 0 saturated carbocycles. The summed E-state index contributed by atoms with van der Waals surface area (Å²) >= 11 is 0. The first kappa shape index (κ1) is 25.1. The molecular weight excluding hydrogens is 454 g/mol. The lowest BCUT2D eigenvalue weighted by Gasteiger charge is -2.24. The number of para-hydroxylation sites is 1. The zero-order chi connectivity index (χ0) is 25.7. The minimum atomic E-state index is -0.262. The summed E-state index contributed by atoms with van der Waals surface area (Å²) in [6.45, 7) is 2.43. The van der Waals surface area contributed by atoms with Crippen LogP contribution in [0.15, 0.2) is 72.8 Å². The second-order valence-electron chi connectivity index (χ2n) is 9.09. The molecule has 0 saturated heterocycles. The summed E-state index contributed by atoms with van der Waals surface area (Å²) in [7, 11) is 3.40. The van der Waals surface area contributed by atoms with E-state index >= 15 is 0 Å². The highest BCUT2D eigenvalue weighted by atomic mass is 16.5. The third kappa shape index (κ3) is 5.63. The van der Waals surface area contributed by atoms with Gasteiger partial charge in [-0.3, -0.25) is 14.4 Å². The van der Waals surface area contributed by atoms with Crippen molar-refractivity contribution in [2.75, 3.05) is 37.5 Å². The molecular formula is C29H31N3O4. The Morgan fingerprint density at radius 2 is 1.67 bits per heavy atom. The molecule has 36 heavy (non-hydrogen) atoms. The van der Waals surface area contributed by atoms with Crippen molar-refractivity contribution >= 4 is 29.1 Å². The van der Waals surface area contributed by atoms with E-state index in [1.807, 2.05) is 49.4 Å². The number of carbonyl (C=O) groups is 3. The first-order chi connectivity index (χ1) is 17.3. The number of aryl methyl sites for hydroxylation is 1. The summed E-state index contributed by atoms with van der Waals surface area (Å²) in [5.41, 5.74) is 4.35. The molecule has 0 aromatic heterocycles. The minimum absolute atomic E-state index is 0.00433. The summed E-state index contributed by atoms with van der Waals surface area (Å²) in [5.74, 6) is -0.407. The monoisotopic (exact) mass is 485 g/mol. The second-order valence-corrected chi connectivity index (χ2v) is 9.09. The van der Waals surface area contributed by atoms with Crippen LogP contribution in [0.4, 0.5) is 11.4 Å².